The quantitative estimate of drug-likeness (QED) is 0.229. The molecule has 0 radical (unpaired) electrons. The second-order valence-electron chi connectivity index (χ2n) is 6.03. The minimum absolute atomic E-state index is 0.104. The standard InChI is InChI=1S/C13H18N6O8S2/c14-10-7-11(16-3-15-10)19(4-17-7)13-9(22)8(21)6(27-13)1-26-29(24,25)18-12(23)5(20)2-28/h3-6,8-9,13,20-22,28H,1-2H2,(H,18,23)(H2,14,15,16)/t5-,6+,8+,9+,13+/m0/s1. The van der Waals surface area contributed by atoms with E-state index in [1.165, 1.54) is 21.9 Å². The Morgan fingerprint density at radius 2 is 2.10 bits per heavy atom. The Morgan fingerprint density at radius 1 is 1.38 bits per heavy atom. The molecule has 3 heterocycles. The molecule has 1 aliphatic rings. The number of hydrogen-bond acceptors (Lipinski definition) is 13. The van der Waals surface area contributed by atoms with Crippen molar-refractivity contribution in [2.45, 2.75) is 30.6 Å². The molecule has 5 atom stereocenters. The molecule has 0 aliphatic carbocycles. The topological polar surface area (TPSA) is 212 Å². The molecule has 14 nitrogen and oxygen atoms in total. The Hall–Kier alpha value is -2.08. The SMILES string of the molecule is Nc1ncnc2c1ncn2[C@@H]1O[C@H](COS(=O)(=O)NC(=O)[C@@H](O)CS)[C@@H](O)[C@H]1O. The largest absolute Gasteiger partial charge is 0.387 e. The fourth-order valence-electron chi connectivity index (χ4n) is 2.61. The van der Waals surface area contributed by atoms with Gasteiger partial charge in [-0.1, -0.05) is 0 Å². The van der Waals surface area contributed by atoms with Gasteiger partial charge in [-0.15, -0.1) is 0 Å². The summed E-state index contributed by atoms with van der Waals surface area (Å²) < 4.78 is 36.5. The van der Waals surface area contributed by atoms with Crippen molar-refractivity contribution in [2.24, 2.45) is 0 Å². The molecular formula is C13H18N6O8S2. The number of hydrogen-bond donors (Lipinski definition) is 6. The summed E-state index contributed by atoms with van der Waals surface area (Å²) in [6.45, 7) is -0.724. The number of fused-ring (bicyclic) bond motifs is 1. The maximum Gasteiger partial charge on any atom is 0.362 e. The van der Waals surface area contributed by atoms with E-state index in [1.54, 1.807) is 0 Å². The van der Waals surface area contributed by atoms with Crippen molar-refractivity contribution in [1.82, 2.24) is 24.2 Å². The first-order valence-corrected chi connectivity index (χ1v) is 10.1. The van der Waals surface area contributed by atoms with Gasteiger partial charge < -0.3 is 25.8 Å². The lowest BCUT2D eigenvalue weighted by atomic mass is 10.1. The van der Waals surface area contributed by atoms with Gasteiger partial charge in [-0.2, -0.15) is 21.0 Å². The molecule has 29 heavy (non-hydrogen) atoms. The van der Waals surface area contributed by atoms with Crippen LogP contribution in [0, 0.1) is 0 Å². The molecule has 1 aliphatic heterocycles. The van der Waals surface area contributed by atoms with E-state index in [9.17, 15) is 28.5 Å². The van der Waals surface area contributed by atoms with Crippen LogP contribution in [0.15, 0.2) is 12.7 Å². The molecule has 0 saturated carbocycles. The van der Waals surface area contributed by atoms with Crippen LogP contribution in [0.1, 0.15) is 6.23 Å². The number of anilines is 1. The van der Waals surface area contributed by atoms with E-state index in [0.29, 0.717) is 0 Å². The molecule has 1 saturated heterocycles. The highest BCUT2D eigenvalue weighted by atomic mass is 32.2. The Bertz CT molecular complexity index is 1000. The summed E-state index contributed by atoms with van der Waals surface area (Å²) in [7, 11) is -4.60. The Balaban J connectivity index is 1.70. The van der Waals surface area contributed by atoms with Crippen LogP contribution >= 0.6 is 12.6 Å². The molecule has 0 spiro atoms. The Labute approximate surface area is 169 Å². The number of ether oxygens (including phenoxy) is 1. The van der Waals surface area contributed by atoms with Crippen molar-refractivity contribution >= 4 is 45.8 Å². The number of nitrogens with zero attached hydrogens (tertiary/aromatic N) is 4. The molecule has 0 unspecified atom stereocenters. The van der Waals surface area contributed by atoms with E-state index in [0.717, 1.165) is 0 Å². The third kappa shape index (κ3) is 4.42. The number of aliphatic hydroxyl groups is 3. The van der Waals surface area contributed by atoms with Crippen molar-refractivity contribution in [3.8, 4) is 0 Å². The first-order valence-electron chi connectivity index (χ1n) is 8.09. The minimum atomic E-state index is -4.60. The smallest absolute Gasteiger partial charge is 0.362 e. The number of carbonyl (C=O) groups excluding carboxylic acids is 1. The van der Waals surface area contributed by atoms with Gasteiger partial charge in [0.25, 0.3) is 5.91 Å². The van der Waals surface area contributed by atoms with Crippen molar-refractivity contribution < 1.29 is 37.5 Å². The number of nitrogen functional groups attached to an aromatic ring is 1. The van der Waals surface area contributed by atoms with E-state index in [2.05, 4.69) is 31.8 Å². The molecule has 1 amide bonds. The van der Waals surface area contributed by atoms with Gasteiger partial charge in [0.05, 0.1) is 12.9 Å². The maximum atomic E-state index is 11.8. The van der Waals surface area contributed by atoms with Gasteiger partial charge in [-0.05, 0) is 0 Å². The van der Waals surface area contributed by atoms with Crippen LogP contribution in [0.2, 0.25) is 0 Å². The maximum absolute atomic E-state index is 11.8. The highest BCUT2D eigenvalue weighted by Crippen LogP contribution is 2.32. The van der Waals surface area contributed by atoms with Crippen molar-refractivity contribution in [1.29, 1.82) is 0 Å². The van der Waals surface area contributed by atoms with Crippen LogP contribution in [-0.4, -0.2) is 85.9 Å². The normalized spacial score (nSPS) is 25.9. The van der Waals surface area contributed by atoms with Gasteiger partial charge in [0, 0.05) is 5.75 Å². The zero-order chi connectivity index (χ0) is 21.3. The fourth-order valence-corrected chi connectivity index (χ4v) is 3.53. The lowest BCUT2D eigenvalue weighted by molar-refractivity contribution is -0.126. The first kappa shape index (κ1) is 21.6. The molecule has 6 N–H and O–H groups in total. The summed E-state index contributed by atoms with van der Waals surface area (Å²) in [6, 6.07) is 0. The van der Waals surface area contributed by atoms with Crippen molar-refractivity contribution in [3.05, 3.63) is 12.7 Å². The highest BCUT2D eigenvalue weighted by Gasteiger charge is 2.45. The van der Waals surface area contributed by atoms with Gasteiger partial charge in [0.1, 0.15) is 36.3 Å². The van der Waals surface area contributed by atoms with Gasteiger partial charge in [0.2, 0.25) is 0 Å². The van der Waals surface area contributed by atoms with Crippen LogP contribution in [0.3, 0.4) is 0 Å². The van der Waals surface area contributed by atoms with E-state index < -0.39 is 53.5 Å². The minimum Gasteiger partial charge on any atom is -0.387 e. The Morgan fingerprint density at radius 3 is 2.79 bits per heavy atom. The number of nitrogens with two attached hydrogens (primary N) is 1. The summed E-state index contributed by atoms with van der Waals surface area (Å²) in [6.07, 6.45) is -4.63. The molecular weight excluding hydrogens is 432 g/mol. The number of carbonyl (C=O) groups is 1. The van der Waals surface area contributed by atoms with Crippen molar-refractivity contribution in [2.75, 3.05) is 18.1 Å². The van der Waals surface area contributed by atoms with Gasteiger partial charge in [-0.3, -0.25) is 13.5 Å². The van der Waals surface area contributed by atoms with Crippen LogP contribution in [0.5, 0.6) is 0 Å². The zero-order valence-corrected chi connectivity index (χ0v) is 16.3. The van der Waals surface area contributed by atoms with E-state index in [4.69, 9.17) is 10.5 Å². The molecule has 16 heteroatoms. The summed E-state index contributed by atoms with van der Waals surface area (Å²) in [4.78, 5) is 23.3. The molecule has 0 bridgehead atoms. The third-order valence-corrected chi connectivity index (χ3v) is 5.33. The van der Waals surface area contributed by atoms with E-state index >= 15 is 0 Å². The number of amides is 1. The lowest BCUT2D eigenvalue weighted by Crippen LogP contribution is -2.42. The zero-order valence-electron chi connectivity index (χ0n) is 14.6. The molecule has 0 aromatic carbocycles. The summed E-state index contributed by atoms with van der Waals surface area (Å²) >= 11 is 3.67. The van der Waals surface area contributed by atoms with Gasteiger partial charge in [-0.25, -0.2) is 19.7 Å². The van der Waals surface area contributed by atoms with Crippen LogP contribution in [0.4, 0.5) is 5.82 Å². The Kier molecular flexibility index (Phi) is 6.22. The molecule has 3 rings (SSSR count). The molecule has 160 valence electrons. The fraction of sp³-hybridized carbons (Fsp3) is 0.538. The summed E-state index contributed by atoms with van der Waals surface area (Å²) in [5.74, 6) is -1.42. The predicted octanol–water partition coefficient (Wildman–Crippen LogP) is -3.30. The second-order valence-corrected chi connectivity index (χ2v) is 7.75. The van der Waals surface area contributed by atoms with Crippen LogP contribution in [-0.2, 0) is 24.0 Å². The predicted molar refractivity (Wildman–Crippen MR) is 98.5 cm³/mol. The monoisotopic (exact) mass is 450 g/mol. The average molecular weight is 450 g/mol. The molecule has 2 aromatic heterocycles. The van der Waals surface area contributed by atoms with E-state index in [-0.39, 0.29) is 22.7 Å². The number of rotatable bonds is 7. The highest BCUT2D eigenvalue weighted by molar-refractivity contribution is 7.85. The molecule has 2 aromatic rings. The summed E-state index contributed by atoms with van der Waals surface area (Å²) in [5, 5.41) is 29.7. The average Bonchev–Trinajstić information content (AvgIpc) is 3.22. The number of thiol groups is 1. The van der Waals surface area contributed by atoms with Crippen LogP contribution in [0.25, 0.3) is 11.2 Å². The number of aliphatic hydroxyl groups excluding tert-OH is 3. The van der Waals surface area contributed by atoms with Crippen molar-refractivity contribution in [3.63, 3.8) is 0 Å². The number of nitrogens with one attached hydrogen (secondary N) is 1. The van der Waals surface area contributed by atoms with Gasteiger partial charge in [0.15, 0.2) is 17.7 Å². The van der Waals surface area contributed by atoms with E-state index in [1.807, 2.05) is 0 Å². The first-order chi connectivity index (χ1) is 13.6. The third-order valence-electron chi connectivity index (χ3n) is 4.09. The van der Waals surface area contributed by atoms with Crippen LogP contribution < -0.4 is 10.5 Å². The molecule has 1 fully saturated rings. The van der Waals surface area contributed by atoms with Gasteiger partial charge >= 0.3 is 10.3 Å². The summed E-state index contributed by atoms with van der Waals surface area (Å²) in [5.41, 5.74) is 6.19. The number of imidazole rings is 1. The second kappa shape index (κ2) is 8.34. The lowest BCUT2D eigenvalue weighted by Gasteiger charge is -2.16. The number of aromatic nitrogens is 4.